The van der Waals surface area contributed by atoms with E-state index in [1.54, 1.807) is 0 Å². The van der Waals surface area contributed by atoms with E-state index in [2.05, 4.69) is 0 Å². The minimum atomic E-state index is -4.64. The van der Waals surface area contributed by atoms with Gasteiger partial charge >= 0.3 is 91.1 Å². The maximum atomic E-state index is 8.88. The second-order valence-electron chi connectivity index (χ2n) is 1.03. The van der Waals surface area contributed by atoms with Gasteiger partial charge in [0.15, 0.2) is 0 Å². The van der Waals surface area contributed by atoms with Gasteiger partial charge in [0.2, 0.25) is 0 Å². The molecule has 8 nitrogen and oxygen atoms in total. The molecule has 0 radical (unpaired) electrons. The predicted molar refractivity (Wildman–Crippen MR) is 57.1 cm³/mol. The first-order chi connectivity index (χ1) is 4.00. The average Bonchev–Trinajstić information content (AvgIpc) is 1.12. The van der Waals surface area contributed by atoms with Crippen LogP contribution in [0.4, 0.5) is 0 Å². The second-order valence-corrected chi connectivity index (χ2v) is 3.08. The van der Waals surface area contributed by atoms with Crippen molar-refractivity contribution >= 4 is 91.1 Å². The van der Waals surface area contributed by atoms with Gasteiger partial charge in [-0.15, -0.1) is 0 Å². The molecule has 0 aliphatic heterocycles. The van der Waals surface area contributed by atoms with Gasteiger partial charge in [-0.1, -0.05) is 0 Å². The van der Waals surface area contributed by atoms with E-state index < -0.39 is 15.6 Å². The molecule has 0 aliphatic carbocycles. The molecule has 0 heterocycles. The Bertz CT molecular complexity index is 132. The Balaban J connectivity index is -0.0000000178. The molecule has 0 saturated heterocycles. The van der Waals surface area contributed by atoms with Crippen LogP contribution in [-0.2, 0) is 9.13 Å². The molecular formula is H10Li4O8P2. The Labute approximate surface area is 128 Å². The van der Waals surface area contributed by atoms with Crippen LogP contribution < -0.4 is 0 Å². The van der Waals surface area contributed by atoms with Gasteiger partial charge in [-0.05, 0) is 0 Å². The molecular weight excluding hydrogens is 218 g/mol. The molecule has 0 aromatic heterocycles. The zero-order valence-electron chi connectivity index (χ0n) is 4.39. The molecule has 0 aromatic carbocycles. The Morgan fingerprint density at radius 1 is 0.500 bits per heavy atom. The molecule has 0 atom stereocenters. The summed E-state index contributed by atoms with van der Waals surface area (Å²) in [5, 5.41) is 0. The van der Waals surface area contributed by atoms with E-state index in [0.717, 1.165) is 0 Å². The van der Waals surface area contributed by atoms with E-state index in [4.69, 9.17) is 38.5 Å². The van der Waals surface area contributed by atoms with Crippen molar-refractivity contribution in [3.05, 3.63) is 0 Å². The first kappa shape index (κ1) is 36.0. The zero-order valence-corrected chi connectivity index (χ0v) is 6.18. The van der Waals surface area contributed by atoms with Gasteiger partial charge in [0.05, 0.1) is 0 Å². The summed E-state index contributed by atoms with van der Waals surface area (Å²) in [4.78, 5) is 43.1. The first-order valence-electron chi connectivity index (χ1n) is 1.57. The summed E-state index contributed by atoms with van der Waals surface area (Å²) in [5.41, 5.74) is 0. The van der Waals surface area contributed by atoms with E-state index in [0.29, 0.717) is 0 Å². The van der Waals surface area contributed by atoms with Gasteiger partial charge in [-0.2, -0.15) is 0 Å². The van der Waals surface area contributed by atoms with Crippen LogP contribution in [-0.4, -0.2) is 105 Å². The van der Waals surface area contributed by atoms with Crippen LogP contribution in [0.25, 0.3) is 0 Å². The molecule has 72 valence electrons. The van der Waals surface area contributed by atoms with Crippen molar-refractivity contribution in [2.75, 3.05) is 0 Å². The van der Waals surface area contributed by atoms with Gasteiger partial charge < -0.3 is 29.4 Å². The van der Waals surface area contributed by atoms with Gasteiger partial charge in [0, 0.05) is 0 Å². The van der Waals surface area contributed by atoms with Crippen LogP contribution in [0, 0.1) is 0 Å². The summed E-state index contributed by atoms with van der Waals surface area (Å²) < 4.78 is 17.8. The monoisotopic (exact) mass is 228 g/mol. The number of hydrogen-bond donors (Lipinski definition) is 6. The van der Waals surface area contributed by atoms with Crippen LogP contribution in [0.3, 0.4) is 0 Å². The molecule has 0 bridgehead atoms. The van der Waals surface area contributed by atoms with Gasteiger partial charge in [0.25, 0.3) is 0 Å². The number of rotatable bonds is 0. The Kier molecular flexibility index (Phi) is 40.1. The van der Waals surface area contributed by atoms with Crippen molar-refractivity contribution in [3.8, 4) is 0 Å². The summed E-state index contributed by atoms with van der Waals surface area (Å²) in [7, 11) is -9.28. The Morgan fingerprint density at radius 3 is 0.500 bits per heavy atom. The van der Waals surface area contributed by atoms with Crippen LogP contribution in [0.5, 0.6) is 0 Å². The van der Waals surface area contributed by atoms with Crippen molar-refractivity contribution in [1.82, 2.24) is 0 Å². The standard InChI is InChI=1S/4Li.2H3O4P.4H/c;;;;2*1-5(2,3)4;;;;/h;;;;2*(H3,1,2,3,4);;;;. The van der Waals surface area contributed by atoms with E-state index in [-0.39, 0.29) is 75.4 Å². The van der Waals surface area contributed by atoms with Crippen molar-refractivity contribution in [2.45, 2.75) is 0 Å². The van der Waals surface area contributed by atoms with Crippen LogP contribution in [0.2, 0.25) is 0 Å². The molecule has 6 N–H and O–H groups in total. The molecule has 0 unspecified atom stereocenters. The zero-order chi connectivity index (χ0) is 9.00. The van der Waals surface area contributed by atoms with Crippen LogP contribution in [0.15, 0.2) is 0 Å². The third-order valence-corrected chi connectivity index (χ3v) is 0. The van der Waals surface area contributed by atoms with E-state index in [1.807, 2.05) is 0 Å². The Hall–Kier alpha value is 2.61. The summed E-state index contributed by atoms with van der Waals surface area (Å²) in [6.07, 6.45) is 0. The summed E-state index contributed by atoms with van der Waals surface area (Å²) in [5.74, 6) is 0. The summed E-state index contributed by atoms with van der Waals surface area (Å²) in [6, 6.07) is 0. The van der Waals surface area contributed by atoms with Gasteiger partial charge in [-0.3, -0.25) is 0 Å². The third-order valence-electron chi connectivity index (χ3n) is 0. The quantitative estimate of drug-likeness (QED) is 0.179. The summed E-state index contributed by atoms with van der Waals surface area (Å²) >= 11 is 0. The first-order valence-corrected chi connectivity index (χ1v) is 4.70. The van der Waals surface area contributed by atoms with Crippen molar-refractivity contribution in [1.29, 1.82) is 0 Å². The molecule has 0 aliphatic rings. The van der Waals surface area contributed by atoms with Gasteiger partial charge in [0.1, 0.15) is 0 Å². The van der Waals surface area contributed by atoms with Crippen molar-refractivity contribution in [3.63, 3.8) is 0 Å². The normalized spacial score (nSPS) is 8.43. The molecule has 0 amide bonds. The molecule has 14 heavy (non-hydrogen) atoms. The average molecular weight is 228 g/mol. The molecule has 0 saturated carbocycles. The van der Waals surface area contributed by atoms with Crippen molar-refractivity contribution < 1.29 is 38.5 Å². The predicted octanol–water partition coefficient (Wildman–Crippen LogP) is -4.45. The fourth-order valence-electron chi connectivity index (χ4n) is 0. The van der Waals surface area contributed by atoms with Gasteiger partial charge in [-0.25, -0.2) is 9.13 Å². The molecule has 0 spiro atoms. The van der Waals surface area contributed by atoms with Crippen LogP contribution >= 0.6 is 15.6 Å². The Morgan fingerprint density at radius 2 is 0.500 bits per heavy atom. The van der Waals surface area contributed by atoms with E-state index >= 15 is 0 Å². The van der Waals surface area contributed by atoms with E-state index in [9.17, 15) is 0 Å². The molecule has 0 fully saturated rings. The SMILES string of the molecule is O=P(O)(O)O.O=P(O)(O)O.[LiH].[LiH].[LiH].[LiH]. The third kappa shape index (κ3) is 397. The van der Waals surface area contributed by atoms with E-state index in [1.165, 1.54) is 0 Å². The van der Waals surface area contributed by atoms with Crippen LogP contribution in [0.1, 0.15) is 0 Å². The van der Waals surface area contributed by atoms with Crippen molar-refractivity contribution in [2.24, 2.45) is 0 Å². The second kappa shape index (κ2) is 15.6. The molecule has 0 rings (SSSR count). The topological polar surface area (TPSA) is 156 Å². The summed E-state index contributed by atoms with van der Waals surface area (Å²) in [6.45, 7) is 0. The number of hydrogen-bond acceptors (Lipinski definition) is 2. The fourth-order valence-corrected chi connectivity index (χ4v) is 0. The molecule has 0 aromatic rings. The molecule has 14 heteroatoms. The number of phosphoric acid groups is 2. The minimum absolute atomic E-state index is 0. The fraction of sp³-hybridized carbons (Fsp3) is 0. The maximum absolute atomic E-state index is 8.88.